The fraction of sp³-hybridized carbons (Fsp3) is 0.409. The van der Waals surface area contributed by atoms with Crippen LogP contribution in [0.5, 0.6) is 0 Å². The van der Waals surface area contributed by atoms with Crippen LogP contribution in [0.25, 0.3) is 0 Å². The molecule has 28 heavy (non-hydrogen) atoms. The number of amides is 1. The molecule has 0 bridgehead atoms. The van der Waals surface area contributed by atoms with Gasteiger partial charge in [0.2, 0.25) is 0 Å². The first-order chi connectivity index (χ1) is 13.6. The highest BCUT2D eigenvalue weighted by molar-refractivity contribution is 6.30. The van der Waals surface area contributed by atoms with E-state index < -0.39 is 0 Å². The van der Waals surface area contributed by atoms with E-state index in [9.17, 15) is 4.79 Å². The first-order valence-corrected chi connectivity index (χ1v) is 10.3. The van der Waals surface area contributed by atoms with Crippen molar-refractivity contribution in [3.63, 3.8) is 0 Å². The Morgan fingerprint density at radius 3 is 2.54 bits per heavy atom. The molecule has 0 spiro atoms. The fourth-order valence-corrected chi connectivity index (χ4v) is 4.37. The third-order valence-corrected chi connectivity index (χ3v) is 5.96. The minimum atomic E-state index is -0.278. The number of likely N-dealkylation sites (tertiary alicyclic amines) is 1. The molecule has 2 aromatic rings. The molecular formula is C22H26ClN3O2. The smallest absolute Gasteiger partial charge is 0.414 e. The zero-order valence-corrected chi connectivity index (χ0v) is 16.6. The molecule has 2 aliphatic rings. The molecular weight excluding hydrogens is 374 g/mol. The Balaban J connectivity index is 1.47. The monoisotopic (exact) mass is 399 g/mol. The van der Waals surface area contributed by atoms with Gasteiger partial charge in [0.1, 0.15) is 6.61 Å². The van der Waals surface area contributed by atoms with E-state index in [2.05, 4.69) is 17.0 Å². The maximum Gasteiger partial charge on any atom is 0.414 e. The number of nitrogen functional groups attached to an aromatic ring is 1. The second-order valence-electron chi connectivity index (χ2n) is 7.67. The van der Waals surface area contributed by atoms with Crippen LogP contribution in [0.2, 0.25) is 5.02 Å². The molecule has 2 saturated heterocycles. The van der Waals surface area contributed by atoms with Gasteiger partial charge >= 0.3 is 6.09 Å². The lowest BCUT2D eigenvalue weighted by molar-refractivity contribution is 0.132. The van der Waals surface area contributed by atoms with Crippen molar-refractivity contribution >= 4 is 29.1 Å². The largest absolute Gasteiger partial charge is 0.447 e. The van der Waals surface area contributed by atoms with Gasteiger partial charge < -0.3 is 10.5 Å². The van der Waals surface area contributed by atoms with Crippen LogP contribution >= 0.6 is 11.6 Å². The number of nitrogens with two attached hydrogens (primary N) is 1. The number of piperidine rings is 1. The van der Waals surface area contributed by atoms with Crippen molar-refractivity contribution in [1.29, 1.82) is 0 Å². The van der Waals surface area contributed by atoms with Crippen LogP contribution in [0.15, 0.2) is 48.5 Å². The predicted molar refractivity (Wildman–Crippen MR) is 113 cm³/mol. The Kier molecular flexibility index (Phi) is 5.74. The summed E-state index contributed by atoms with van der Waals surface area (Å²) in [6.45, 7) is 2.29. The number of hydrogen-bond acceptors (Lipinski definition) is 4. The van der Waals surface area contributed by atoms with Gasteiger partial charge in [-0.1, -0.05) is 30.2 Å². The van der Waals surface area contributed by atoms with Crippen LogP contribution in [0.4, 0.5) is 16.2 Å². The highest BCUT2D eigenvalue weighted by atomic mass is 35.5. The molecule has 2 aromatic carbocycles. The molecule has 2 atom stereocenters. The summed E-state index contributed by atoms with van der Waals surface area (Å²) in [4.78, 5) is 16.6. The van der Waals surface area contributed by atoms with Crippen molar-refractivity contribution in [1.82, 2.24) is 4.90 Å². The maximum absolute atomic E-state index is 12.4. The molecule has 1 amide bonds. The van der Waals surface area contributed by atoms with Gasteiger partial charge in [0.25, 0.3) is 0 Å². The van der Waals surface area contributed by atoms with E-state index in [1.807, 2.05) is 36.4 Å². The first kappa shape index (κ1) is 19.1. The molecule has 148 valence electrons. The molecule has 4 rings (SSSR count). The van der Waals surface area contributed by atoms with E-state index in [-0.39, 0.29) is 12.1 Å². The lowest BCUT2D eigenvalue weighted by Gasteiger charge is -2.38. The summed E-state index contributed by atoms with van der Waals surface area (Å²) in [7, 11) is 0. The van der Waals surface area contributed by atoms with Crippen molar-refractivity contribution in [2.45, 2.75) is 37.8 Å². The zero-order chi connectivity index (χ0) is 19.5. The summed E-state index contributed by atoms with van der Waals surface area (Å²) in [5, 5.41) is 0.660. The first-order valence-electron chi connectivity index (χ1n) is 9.90. The van der Waals surface area contributed by atoms with Crippen LogP contribution in [-0.2, 0) is 11.2 Å². The van der Waals surface area contributed by atoms with Gasteiger partial charge in [-0.05, 0) is 67.8 Å². The highest BCUT2D eigenvalue weighted by Crippen LogP contribution is 2.28. The quantitative estimate of drug-likeness (QED) is 0.759. The molecule has 2 aliphatic heterocycles. The minimum absolute atomic E-state index is 0.0145. The molecule has 2 unspecified atom stereocenters. The van der Waals surface area contributed by atoms with Crippen molar-refractivity contribution in [2.24, 2.45) is 0 Å². The van der Waals surface area contributed by atoms with Crippen LogP contribution < -0.4 is 10.6 Å². The van der Waals surface area contributed by atoms with E-state index in [1.54, 1.807) is 4.90 Å². The van der Waals surface area contributed by atoms with Crippen molar-refractivity contribution in [3.8, 4) is 0 Å². The fourth-order valence-electron chi connectivity index (χ4n) is 4.24. The lowest BCUT2D eigenvalue weighted by Crippen LogP contribution is -2.49. The molecule has 0 aromatic heterocycles. The topological polar surface area (TPSA) is 58.8 Å². The van der Waals surface area contributed by atoms with Crippen LogP contribution in [0, 0.1) is 0 Å². The number of benzene rings is 2. The van der Waals surface area contributed by atoms with Crippen LogP contribution in [0.3, 0.4) is 0 Å². The molecule has 6 heteroatoms. The normalized spacial score (nSPS) is 23.0. The van der Waals surface area contributed by atoms with Crippen molar-refractivity contribution in [3.05, 3.63) is 59.1 Å². The lowest BCUT2D eigenvalue weighted by atomic mass is 9.95. The molecule has 2 heterocycles. The van der Waals surface area contributed by atoms with Crippen molar-refractivity contribution < 1.29 is 9.53 Å². The van der Waals surface area contributed by atoms with Gasteiger partial charge in [-0.15, -0.1) is 0 Å². The van der Waals surface area contributed by atoms with E-state index >= 15 is 0 Å². The molecule has 2 N–H and O–H groups in total. The minimum Gasteiger partial charge on any atom is -0.447 e. The number of nitrogens with zero attached hydrogens (tertiary/aromatic N) is 2. The second-order valence-corrected chi connectivity index (χ2v) is 8.10. The highest BCUT2D eigenvalue weighted by Gasteiger charge is 2.37. The summed E-state index contributed by atoms with van der Waals surface area (Å²) >= 11 is 6.00. The van der Waals surface area contributed by atoms with Gasteiger partial charge in [0.15, 0.2) is 0 Å². The number of anilines is 2. The molecule has 5 nitrogen and oxygen atoms in total. The van der Waals surface area contributed by atoms with Gasteiger partial charge in [-0.3, -0.25) is 9.80 Å². The van der Waals surface area contributed by atoms with E-state index in [0.717, 1.165) is 30.9 Å². The summed E-state index contributed by atoms with van der Waals surface area (Å²) in [5.41, 5.74) is 8.76. The molecule has 0 aliphatic carbocycles. The Morgan fingerprint density at radius 1 is 1.04 bits per heavy atom. The third-order valence-electron chi connectivity index (χ3n) is 5.71. The number of hydrogen-bond donors (Lipinski definition) is 1. The van der Waals surface area contributed by atoms with Gasteiger partial charge in [-0.25, -0.2) is 4.79 Å². The van der Waals surface area contributed by atoms with E-state index in [4.69, 9.17) is 22.1 Å². The number of carbonyl (C=O) groups is 1. The van der Waals surface area contributed by atoms with Crippen LogP contribution in [0.1, 0.15) is 24.8 Å². The number of ether oxygens (including phenoxy) is 1. The van der Waals surface area contributed by atoms with E-state index in [0.29, 0.717) is 17.7 Å². The molecule has 2 fully saturated rings. The third kappa shape index (κ3) is 4.26. The van der Waals surface area contributed by atoms with E-state index in [1.165, 1.54) is 24.8 Å². The maximum atomic E-state index is 12.4. The number of carbonyl (C=O) groups excluding carboxylic acids is 1. The van der Waals surface area contributed by atoms with Gasteiger partial charge in [0.05, 0.1) is 6.04 Å². The number of rotatable bonds is 5. The average Bonchev–Trinajstić information content (AvgIpc) is 3.06. The summed E-state index contributed by atoms with van der Waals surface area (Å²) in [6, 6.07) is 16.0. The summed E-state index contributed by atoms with van der Waals surface area (Å²) < 4.78 is 5.38. The Hall–Kier alpha value is -2.24. The Bertz CT molecular complexity index is 810. The Labute approximate surface area is 171 Å². The average molecular weight is 400 g/mol. The molecule has 0 saturated carbocycles. The standard InChI is InChI=1S/C22H26ClN3O2/c23-17-6-10-19(11-7-17)26-21(15-28-22(26)27)14-25-12-2-1-3-20(25)13-16-4-8-18(24)9-5-16/h4-11,20-21H,1-3,12-15,24H2. The van der Waals surface area contributed by atoms with Gasteiger partial charge in [0, 0.05) is 29.0 Å². The number of halogens is 1. The van der Waals surface area contributed by atoms with Crippen LogP contribution in [-0.4, -0.2) is 42.8 Å². The van der Waals surface area contributed by atoms with Gasteiger partial charge in [-0.2, -0.15) is 0 Å². The predicted octanol–water partition coefficient (Wildman–Crippen LogP) is 4.34. The summed E-state index contributed by atoms with van der Waals surface area (Å²) in [5.74, 6) is 0. The zero-order valence-electron chi connectivity index (χ0n) is 15.9. The Morgan fingerprint density at radius 2 is 1.79 bits per heavy atom. The van der Waals surface area contributed by atoms with Crippen molar-refractivity contribution in [2.75, 3.05) is 30.3 Å². The SMILES string of the molecule is Nc1ccc(CC2CCCCN2CC2COC(=O)N2c2ccc(Cl)cc2)cc1. The number of cyclic esters (lactones) is 1. The summed E-state index contributed by atoms with van der Waals surface area (Å²) in [6.07, 6.45) is 4.34. The second kappa shape index (κ2) is 8.41. The molecule has 0 radical (unpaired) electrons.